The second-order valence-electron chi connectivity index (χ2n) is 6.87. The lowest BCUT2D eigenvalue weighted by Gasteiger charge is -2.39. The van der Waals surface area contributed by atoms with Crippen molar-refractivity contribution in [3.63, 3.8) is 0 Å². The van der Waals surface area contributed by atoms with E-state index < -0.39 is 5.92 Å². The fourth-order valence-corrected chi connectivity index (χ4v) is 4.08. The van der Waals surface area contributed by atoms with Gasteiger partial charge in [-0.25, -0.2) is 0 Å². The SMILES string of the molecule is Cc1nn(C)cc1[C@H]1C(C#N)=C(N)N(c2cccnc2)C2=C1C(=O)CCC2. The number of rotatable bonds is 2. The highest BCUT2D eigenvalue weighted by molar-refractivity contribution is 6.01. The van der Waals surface area contributed by atoms with E-state index in [0.717, 1.165) is 35.5 Å². The van der Waals surface area contributed by atoms with Crippen LogP contribution in [-0.2, 0) is 11.8 Å². The number of Topliss-reactive ketones (excluding diaryl/α,β-unsaturated/α-hetero) is 1. The molecule has 7 nitrogen and oxygen atoms in total. The number of nitrogens with two attached hydrogens (primary N) is 1. The van der Waals surface area contributed by atoms with Crippen molar-refractivity contribution in [2.45, 2.75) is 32.1 Å². The molecule has 1 aliphatic carbocycles. The van der Waals surface area contributed by atoms with E-state index in [0.29, 0.717) is 23.4 Å². The van der Waals surface area contributed by atoms with Crippen molar-refractivity contribution in [2.75, 3.05) is 4.90 Å². The van der Waals surface area contributed by atoms with Crippen LogP contribution in [0.1, 0.15) is 36.4 Å². The molecule has 2 N–H and O–H groups in total. The minimum Gasteiger partial charge on any atom is -0.384 e. The molecular weight excluding hydrogens is 340 g/mol. The van der Waals surface area contributed by atoms with Gasteiger partial charge < -0.3 is 5.73 Å². The Kier molecular flexibility index (Phi) is 4.04. The number of nitrogens with zero attached hydrogens (tertiary/aromatic N) is 5. The van der Waals surface area contributed by atoms with Crippen molar-refractivity contribution in [1.29, 1.82) is 5.26 Å². The first-order valence-electron chi connectivity index (χ1n) is 8.89. The summed E-state index contributed by atoms with van der Waals surface area (Å²) in [7, 11) is 1.83. The van der Waals surface area contributed by atoms with Crippen molar-refractivity contribution >= 4 is 11.5 Å². The van der Waals surface area contributed by atoms with Gasteiger partial charge in [0.05, 0.1) is 35.1 Å². The number of anilines is 1. The Morgan fingerprint density at radius 2 is 2.19 bits per heavy atom. The number of hydrogen-bond acceptors (Lipinski definition) is 6. The lowest BCUT2D eigenvalue weighted by Crippen LogP contribution is -2.38. The van der Waals surface area contributed by atoms with Gasteiger partial charge in [0.2, 0.25) is 0 Å². The summed E-state index contributed by atoms with van der Waals surface area (Å²) in [6, 6.07) is 5.96. The molecule has 0 fully saturated rings. The molecule has 1 aliphatic heterocycles. The molecule has 0 saturated heterocycles. The molecule has 1 atom stereocenters. The molecule has 27 heavy (non-hydrogen) atoms. The van der Waals surface area contributed by atoms with Crippen LogP contribution in [0.25, 0.3) is 0 Å². The Bertz CT molecular complexity index is 1020. The third kappa shape index (κ3) is 2.61. The molecule has 136 valence electrons. The predicted octanol–water partition coefficient (Wildman–Crippen LogP) is 2.43. The van der Waals surface area contributed by atoms with Gasteiger partial charge in [-0.3, -0.25) is 19.4 Å². The summed E-state index contributed by atoms with van der Waals surface area (Å²) in [5.41, 5.74) is 10.8. The zero-order chi connectivity index (χ0) is 19.1. The summed E-state index contributed by atoms with van der Waals surface area (Å²) in [6.07, 6.45) is 7.22. The lowest BCUT2D eigenvalue weighted by atomic mass is 9.75. The lowest BCUT2D eigenvalue weighted by molar-refractivity contribution is -0.116. The average molecular weight is 360 g/mol. The quantitative estimate of drug-likeness (QED) is 0.883. The summed E-state index contributed by atoms with van der Waals surface area (Å²) in [5, 5.41) is 14.3. The topological polar surface area (TPSA) is 101 Å². The molecule has 4 rings (SSSR count). The van der Waals surface area contributed by atoms with Gasteiger partial charge in [-0.1, -0.05) is 0 Å². The summed E-state index contributed by atoms with van der Waals surface area (Å²) < 4.78 is 1.71. The zero-order valence-electron chi connectivity index (χ0n) is 15.3. The summed E-state index contributed by atoms with van der Waals surface area (Å²) in [4.78, 5) is 19.0. The van der Waals surface area contributed by atoms with E-state index in [-0.39, 0.29) is 5.78 Å². The van der Waals surface area contributed by atoms with Crippen molar-refractivity contribution in [1.82, 2.24) is 14.8 Å². The van der Waals surface area contributed by atoms with Crippen molar-refractivity contribution < 1.29 is 4.79 Å². The molecule has 0 unspecified atom stereocenters. The number of aromatic nitrogens is 3. The van der Waals surface area contributed by atoms with Crippen molar-refractivity contribution in [2.24, 2.45) is 12.8 Å². The Labute approximate surface area is 157 Å². The summed E-state index contributed by atoms with van der Waals surface area (Å²) >= 11 is 0. The number of pyridine rings is 1. The van der Waals surface area contributed by atoms with Crippen LogP contribution >= 0.6 is 0 Å². The van der Waals surface area contributed by atoms with Crippen LogP contribution in [0.4, 0.5) is 5.69 Å². The Morgan fingerprint density at radius 3 is 2.81 bits per heavy atom. The molecular formula is C20H20N6O. The second kappa shape index (κ2) is 6.40. The van der Waals surface area contributed by atoms with Gasteiger partial charge >= 0.3 is 0 Å². The fourth-order valence-electron chi connectivity index (χ4n) is 4.08. The minimum absolute atomic E-state index is 0.0682. The van der Waals surface area contributed by atoms with Crippen LogP contribution in [0.15, 0.2) is 53.4 Å². The number of carbonyl (C=O) groups excluding carboxylic acids is 1. The van der Waals surface area contributed by atoms with Crippen LogP contribution in [0.3, 0.4) is 0 Å². The third-order valence-corrected chi connectivity index (χ3v) is 5.18. The molecule has 0 bridgehead atoms. The number of allylic oxidation sites excluding steroid dienone is 3. The zero-order valence-corrected chi connectivity index (χ0v) is 15.3. The molecule has 2 aromatic heterocycles. The largest absolute Gasteiger partial charge is 0.384 e. The van der Waals surface area contributed by atoms with Crippen LogP contribution < -0.4 is 10.6 Å². The molecule has 7 heteroatoms. The van der Waals surface area contributed by atoms with Gasteiger partial charge in [0.15, 0.2) is 5.78 Å². The Hall–Kier alpha value is -3.40. The van der Waals surface area contributed by atoms with Gasteiger partial charge in [0.1, 0.15) is 5.82 Å². The first-order valence-corrected chi connectivity index (χ1v) is 8.89. The highest BCUT2D eigenvalue weighted by Crippen LogP contribution is 2.46. The van der Waals surface area contributed by atoms with Gasteiger partial charge in [0, 0.05) is 42.7 Å². The van der Waals surface area contributed by atoms with Gasteiger partial charge in [-0.15, -0.1) is 0 Å². The van der Waals surface area contributed by atoms with Crippen LogP contribution in [-0.4, -0.2) is 20.5 Å². The number of carbonyl (C=O) groups is 1. The van der Waals surface area contributed by atoms with Gasteiger partial charge in [-0.2, -0.15) is 10.4 Å². The van der Waals surface area contributed by atoms with E-state index in [9.17, 15) is 10.1 Å². The second-order valence-corrected chi connectivity index (χ2v) is 6.87. The van der Waals surface area contributed by atoms with Crippen molar-refractivity contribution in [3.8, 4) is 6.07 Å². The fraction of sp³-hybridized carbons (Fsp3) is 0.300. The molecule has 0 saturated carbocycles. The molecule has 0 spiro atoms. The smallest absolute Gasteiger partial charge is 0.161 e. The van der Waals surface area contributed by atoms with E-state index in [2.05, 4.69) is 16.2 Å². The monoisotopic (exact) mass is 360 g/mol. The van der Waals surface area contributed by atoms with E-state index in [1.54, 1.807) is 17.1 Å². The highest BCUT2D eigenvalue weighted by Gasteiger charge is 2.41. The normalized spacial score (nSPS) is 20.0. The number of ketones is 1. The maximum atomic E-state index is 13.0. The maximum Gasteiger partial charge on any atom is 0.161 e. The van der Waals surface area contributed by atoms with E-state index >= 15 is 0 Å². The first kappa shape index (κ1) is 17.0. The first-order chi connectivity index (χ1) is 13.0. The van der Waals surface area contributed by atoms with E-state index in [1.807, 2.05) is 37.2 Å². The van der Waals surface area contributed by atoms with Crippen LogP contribution in [0.5, 0.6) is 0 Å². The minimum atomic E-state index is -0.473. The molecule has 0 aromatic carbocycles. The van der Waals surface area contributed by atoms with E-state index in [4.69, 9.17) is 5.73 Å². The standard InChI is InChI=1S/C20H20N6O/c1-12-15(11-25(2)24-12)18-14(9-21)20(22)26(13-5-4-8-23-10-13)16-6-3-7-17(27)19(16)18/h4-5,8,10-11,18H,3,6-7,22H2,1-2H3/t18-/m1/s1. The van der Waals surface area contributed by atoms with Crippen LogP contribution in [0, 0.1) is 18.3 Å². The highest BCUT2D eigenvalue weighted by atomic mass is 16.1. The molecule has 2 aromatic rings. The predicted molar refractivity (Wildman–Crippen MR) is 100 cm³/mol. The third-order valence-electron chi connectivity index (χ3n) is 5.18. The maximum absolute atomic E-state index is 13.0. The van der Waals surface area contributed by atoms with Crippen LogP contribution in [0.2, 0.25) is 0 Å². The Morgan fingerprint density at radius 1 is 1.37 bits per heavy atom. The summed E-state index contributed by atoms with van der Waals surface area (Å²) in [5.74, 6) is -0.0507. The molecule has 0 radical (unpaired) electrons. The average Bonchev–Trinajstić information content (AvgIpc) is 2.99. The van der Waals surface area contributed by atoms with Gasteiger partial charge in [-0.05, 0) is 31.9 Å². The Balaban J connectivity index is 1.99. The number of hydrogen-bond donors (Lipinski definition) is 1. The molecule has 3 heterocycles. The number of nitriles is 1. The summed E-state index contributed by atoms with van der Waals surface area (Å²) in [6.45, 7) is 1.89. The molecule has 0 amide bonds. The van der Waals surface area contributed by atoms with Crippen molar-refractivity contribution in [3.05, 3.63) is 64.6 Å². The van der Waals surface area contributed by atoms with Gasteiger partial charge in [0.25, 0.3) is 0 Å². The number of aryl methyl sites for hydroxylation is 2. The molecule has 2 aliphatic rings. The van der Waals surface area contributed by atoms with E-state index in [1.165, 1.54) is 0 Å².